The summed E-state index contributed by atoms with van der Waals surface area (Å²) < 4.78 is 22.5. The molecule has 1 aliphatic heterocycles. The van der Waals surface area contributed by atoms with Gasteiger partial charge in [0.05, 0.1) is 10.9 Å². The molecule has 0 unspecified atom stereocenters. The number of halogens is 1. The van der Waals surface area contributed by atoms with Gasteiger partial charge in [0.15, 0.2) is 0 Å². The lowest BCUT2D eigenvalue weighted by Crippen LogP contribution is -2.45. The van der Waals surface area contributed by atoms with Gasteiger partial charge in [-0.2, -0.15) is 0 Å². The molecule has 0 atom stereocenters. The average molecular weight is 505 g/mol. The predicted octanol–water partition coefficient (Wildman–Crippen LogP) is 3.00. The summed E-state index contributed by atoms with van der Waals surface area (Å²) in [4.78, 5) is 39.5. The molecule has 1 fully saturated rings. The molecule has 0 spiro atoms. The van der Waals surface area contributed by atoms with E-state index in [9.17, 15) is 18.8 Å². The van der Waals surface area contributed by atoms with Crippen molar-refractivity contribution in [1.82, 2.24) is 29.4 Å². The topological polar surface area (TPSA) is 114 Å². The second-order valence-electron chi connectivity index (χ2n) is 9.67. The molecule has 0 saturated carbocycles. The zero-order valence-electron chi connectivity index (χ0n) is 20.0. The highest BCUT2D eigenvalue weighted by Gasteiger charge is 2.29. The first-order chi connectivity index (χ1) is 16.5. The van der Waals surface area contributed by atoms with Crippen molar-refractivity contribution in [3.63, 3.8) is 0 Å². The molecule has 3 heterocycles. The highest BCUT2D eigenvalue weighted by molar-refractivity contribution is 7.71. The van der Waals surface area contributed by atoms with E-state index in [0.717, 1.165) is 0 Å². The van der Waals surface area contributed by atoms with Gasteiger partial charge in [0, 0.05) is 32.1 Å². The lowest BCUT2D eigenvalue weighted by molar-refractivity contribution is -0.126. The normalized spacial score (nSPS) is 15.0. The van der Waals surface area contributed by atoms with E-state index in [4.69, 9.17) is 17.0 Å². The number of nitrogens with one attached hydrogen (secondary N) is 2. The Morgan fingerprint density at radius 1 is 1.29 bits per heavy atom. The fraction of sp³-hybridized carbons (Fsp3) is 0.522. The summed E-state index contributed by atoms with van der Waals surface area (Å²) in [5, 5.41) is 9.97. The van der Waals surface area contributed by atoms with Crippen molar-refractivity contribution in [3.05, 3.63) is 39.1 Å². The van der Waals surface area contributed by atoms with Crippen LogP contribution in [0.3, 0.4) is 0 Å². The smallest absolute Gasteiger partial charge is 0.410 e. The van der Waals surface area contributed by atoms with Crippen molar-refractivity contribution in [2.75, 3.05) is 19.6 Å². The number of aromatic nitrogens is 4. The maximum Gasteiger partial charge on any atom is 0.410 e. The molecule has 1 aliphatic rings. The standard InChI is InChI=1S/C23H29FN6O4S/c1-23(2,3)34-22(33)28-11-7-14(8-12-28)18(31)25-9-4-10-29-19(32)16-13-15(24)5-6-17(16)30-20(29)26-27-21(30)35/h5-6,13-14H,4,7-12H2,1-3H3,(H,25,31)(H,27,35). The third-order valence-corrected chi connectivity index (χ3v) is 6.22. The van der Waals surface area contributed by atoms with E-state index in [-0.39, 0.29) is 35.4 Å². The number of carbonyl (C=O) groups is 2. The van der Waals surface area contributed by atoms with Crippen molar-refractivity contribution >= 4 is 40.9 Å². The van der Waals surface area contributed by atoms with Crippen LogP contribution in [0.1, 0.15) is 40.0 Å². The van der Waals surface area contributed by atoms with Gasteiger partial charge in [-0.3, -0.25) is 18.6 Å². The van der Waals surface area contributed by atoms with Gasteiger partial charge >= 0.3 is 6.09 Å². The minimum absolute atomic E-state index is 0.0751. The fourth-order valence-electron chi connectivity index (χ4n) is 4.24. The van der Waals surface area contributed by atoms with E-state index in [0.29, 0.717) is 55.0 Å². The van der Waals surface area contributed by atoms with Crippen LogP contribution in [0.25, 0.3) is 16.7 Å². The van der Waals surface area contributed by atoms with Gasteiger partial charge in [0.1, 0.15) is 11.4 Å². The molecule has 0 bridgehead atoms. The molecular formula is C23H29FN6O4S. The quantitative estimate of drug-likeness (QED) is 0.408. The van der Waals surface area contributed by atoms with Gasteiger partial charge in [0.25, 0.3) is 5.56 Å². The maximum atomic E-state index is 13.8. The number of rotatable bonds is 5. The minimum Gasteiger partial charge on any atom is -0.444 e. The summed E-state index contributed by atoms with van der Waals surface area (Å²) in [7, 11) is 0. The summed E-state index contributed by atoms with van der Waals surface area (Å²) in [6.45, 7) is 7.02. The molecule has 35 heavy (non-hydrogen) atoms. The highest BCUT2D eigenvalue weighted by atomic mass is 32.1. The summed E-state index contributed by atoms with van der Waals surface area (Å²) in [5.41, 5.74) is -0.450. The Kier molecular flexibility index (Phi) is 6.93. The fourth-order valence-corrected chi connectivity index (χ4v) is 4.47. The number of piperidine rings is 1. The first-order valence-corrected chi connectivity index (χ1v) is 12.0. The molecule has 2 N–H and O–H groups in total. The van der Waals surface area contributed by atoms with Crippen molar-refractivity contribution < 1.29 is 18.7 Å². The van der Waals surface area contributed by atoms with E-state index >= 15 is 0 Å². The van der Waals surface area contributed by atoms with Gasteiger partial charge in [-0.15, -0.1) is 5.10 Å². The number of carbonyl (C=O) groups excluding carboxylic acids is 2. The lowest BCUT2D eigenvalue weighted by atomic mass is 9.96. The van der Waals surface area contributed by atoms with E-state index < -0.39 is 11.4 Å². The summed E-state index contributed by atoms with van der Waals surface area (Å²) >= 11 is 5.29. The van der Waals surface area contributed by atoms with Crippen molar-refractivity contribution in [2.45, 2.75) is 52.2 Å². The van der Waals surface area contributed by atoms with Gasteiger partial charge in [-0.1, -0.05) is 0 Å². The SMILES string of the molecule is CC(C)(C)OC(=O)N1CCC(C(=O)NCCCn2c(=O)c3cc(F)ccc3n3c(=S)[nH]nc23)CC1. The number of nitrogens with zero attached hydrogens (tertiary/aromatic N) is 4. The average Bonchev–Trinajstić information content (AvgIpc) is 3.18. The molecule has 2 amide bonds. The first kappa shape index (κ1) is 24.8. The zero-order valence-corrected chi connectivity index (χ0v) is 20.8. The Hall–Kier alpha value is -3.28. The molecule has 0 aliphatic carbocycles. The van der Waals surface area contributed by atoms with Crippen LogP contribution in [-0.2, 0) is 16.1 Å². The largest absolute Gasteiger partial charge is 0.444 e. The van der Waals surface area contributed by atoms with Crippen LogP contribution >= 0.6 is 12.2 Å². The monoisotopic (exact) mass is 504 g/mol. The minimum atomic E-state index is -0.556. The summed E-state index contributed by atoms with van der Waals surface area (Å²) in [6.07, 6.45) is 1.24. The predicted molar refractivity (Wildman–Crippen MR) is 130 cm³/mol. The molecular weight excluding hydrogens is 475 g/mol. The molecule has 2 aromatic heterocycles. The molecule has 1 aromatic carbocycles. The maximum absolute atomic E-state index is 13.8. The second kappa shape index (κ2) is 9.76. The number of benzene rings is 1. The number of ether oxygens (including phenoxy) is 1. The number of hydrogen-bond acceptors (Lipinski definition) is 6. The second-order valence-corrected chi connectivity index (χ2v) is 10.1. The van der Waals surface area contributed by atoms with Crippen molar-refractivity contribution in [1.29, 1.82) is 0 Å². The number of amides is 2. The van der Waals surface area contributed by atoms with E-state index in [2.05, 4.69) is 15.5 Å². The van der Waals surface area contributed by atoms with Crippen LogP contribution in [0.5, 0.6) is 0 Å². The molecule has 0 radical (unpaired) electrons. The van der Waals surface area contributed by atoms with Gasteiger partial charge in [-0.05, 0) is 70.5 Å². The summed E-state index contributed by atoms with van der Waals surface area (Å²) in [5.74, 6) is -0.439. The Morgan fingerprint density at radius 2 is 2.00 bits per heavy atom. The van der Waals surface area contributed by atoms with E-state index in [1.807, 2.05) is 20.8 Å². The third kappa shape index (κ3) is 5.37. The Bertz CT molecular complexity index is 1380. The third-order valence-electron chi connectivity index (χ3n) is 5.95. The van der Waals surface area contributed by atoms with Gasteiger partial charge in [-0.25, -0.2) is 14.3 Å². The number of aryl methyl sites for hydroxylation is 1. The summed E-state index contributed by atoms with van der Waals surface area (Å²) in [6, 6.07) is 3.96. The van der Waals surface area contributed by atoms with Crippen molar-refractivity contribution in [3.8, 4) is 0 Å². The van der Waals surface area contributed by atoms with Crippen LogP contribution in [0, 0.1) is 16.5 Å². The lowest BCUT2D eigenvalue weighted by Gasteiger charge is -2.32. The van der Waals surface area contributed by atoms with E-state index in [1.165, 1.54) is 22.8 Å². The highest BCUT2D eigenvalue weighted by Crippen LogP contribution is 2.20. The van der Waals surface area contributed by atoms with E-state index in [1.54, 1.807) is 9.30 Å². The number of likely N-dealkylation sites (tertiary alicyclic amines) is 1. The molecule has 10 nitrogen and oxygen atoms in total. The zero-order chi connectivity index (χ0) is 25.3. The molecule has 3 aromatic rings. The Morgan fingerprint density at radius 3 is 2.69 bits per heavy atom. The van der Waals surface area contributed by atoms with Crippen LogP contribution < -0.4 is 10.9 Å². The van der Waals surface area contributed by atoms with Gasteiger partial charge < -0.3 is 15.0 Å². The number of hydrogen-bond donors (Lipinski definition) is 2. The van der Waals surface area contributed by atoms with Crippen LogP contribution in [0.2, 0.25) is 0 Å². The Labute approximate surface area is 206 Å². The van der Waals surface area contributed by atoms with Crippen molar-refractivity contribution in [2.24, 2.45) is 5.92 Å². The molecule has 4 rings (SSSR count). The van der Waals surface area contributed by atoms with Crippen LogP contribution in [-0.4, -0.2) is 61.3 Å². The number of H-pyrrole nitrogens is 1. The van der Waals surface area contributed by atoms with Crippen LogP contribution in [0.4, 0.5) is 9.18 Å². The Balaban J connectivity index is 1.35. The van der Waals surface area contributed by atoms with Crippen LogP contribution in [0.15, 0.2) is 23.0 Å². The molecule has 1 saturated heterocycles. The molecule has 12 heteroatoms. The first-order valence-electron chi connectivity index (χ1n) is 11.6. The number of aromatic amines is 1. The van der Waals surface area contributed by atoms with Gasteiger partial charge in [0.2, 0.25) is 16.5 Å². The molecule has 188 valence electrons. The number of fused-ring (bicyclic) bond motifs is 3.